The van der Waals surface area contributed by atoms with Gasteiger partial charge >= 0.3 is 0 Å². The zero-order valence-electron chi connectivity index (χ0n) is 14.4. The summed E-state index contributed by atoms with van der Waals surface area (Å²) in [6.45, 7) is 4.14. The second-order valence-electron chi connectivity index (χ2n) is 5.86. The molecule has 0 aliphatic carbocycles. The monoisotopic (exact) mass is 372 g/mol. The molecule has 5 nitrogen and oxygen atoms in total. The Morgan fingerprint density at radius 3 is 2.63 bits per heavy atom. The molecule has 27 heavy (non-hydrogen) atoms. The summed E-state index contributed by atoms with van der Waals surface area (Å²) < 4.78 is 0. The minimum Gasteiger partial charge on any atom is -0.279 e. The highest BCUT2D eigenvalue weighted by Crippen LogP contribution is 2.30. The molecule has 0 radical (unpaired) electrons. The van der Waals surface area contributed by atoms with Gasteiger partial charge in [-0.2, -0.15) is 0 Å². The number of carbonyl (C=O) groups is 1. The fourth-order valence-electron chi connectivity index (χ4n) is 2.87. The van der Waals surface area contributed by atoms with Crippen LogP contribution in [0, 0.1) is 0 Å². The fourth-order valence-corrected chi connectivity index (χ4v) is 3.73. The summed E-state index contributed by atoms with van der Waals surface area (Å²) in [5, 5.41) is 11.7. The van der Waals surface area contributed by atoms with Crippen LogP contribution in [0.4, 0.5) is 5.13 Å². The van der Waals surface area contributed by atoms with Gasteiger partial charge < -0.3 is 0 Å². The molecule has 2 heterocycles. The number of carbonyl (C=O) groups excluding carboxylic acids is 1. The molecule has 0 unspecified atom stereocenters. The summed E-state index contributed by atoms with van der Waals surface area (Å²) in [5.74, 6) is -0.121. The van der Waals surface area contributed by atoms with E-state index in [9.17, 15) is 4.79 Å². The maximum atomic E-state index is 13.3. The molecule has 2 aromatic carbocycles. The maximum Gasteiger partial charge on any atom is 0.261 e. The van der Waals surface area contributed by atoms with Crippen molar-refractivity contribution in [3.63, 3.8) is 0 Å². The molecule has 0 bridgehead atoms. The zero-order chi connectivity index (χ0) is 18.6. The molecule has 0 fully saturated rings. The first-order chi connectivity index (χ1) is 13.3. The maximum absolute atomic E-state index is 13.3. The number of rotatable bonds is 5. The normalized spacial score (nSPS) is 10.7. The van der Waals surface area contributed by atoms with Crippen LogP contribution >= 0.6 is 11.3 Å². The van der Waals surface area contributed by atoms with Gasteiger partial charge in [0.25, 0.3) is 5.91 Å². The molecule has 6 heteroatoms. The molecule has 0 N–H and O–H groups in total. The van der Waals surface area contributed by atoms with Gasteiger partial charge in [-0.1, -0.05) is 53.8 Å². The topological polar surface area (TPSA) is 59.0 Å². The number of aromatic nitrogens is 3. The van der Waals surface area contributed by atoms with Crippen LogP contribution < -0.4 is 4.90 Å². The SMILES string of the molecule is C=CCN(C(=O)c1cccc2ccccc12)c1nnc(-c2ccncc2)s1. The Bertz CT molecular complexity index is 1100. The Kier molecular flexibility index (Phi) is 4.72. The van der Waals surface area contributed by atoms with Gasteiger partial charge in [0.2, 0.25) is 5.13 Å². The molecule has 0 saturated heterocycles. The highest BCUT2D eigenvalue weighted by molar-refractivity contribution is 7.18. The third kappa shape index (κ3) is 3.35. The van der Waals surface area contributed by atoms with E-state index in [1.54, 1.807) is 23.4 Å². The van der Waals surface area contributed by atoms with Crippen LogP contribution in [0.25, 0.3) is 21.3 Å². The van der Waals surface area contributed by atoms with Gasteiger partial charge in [0.1, 0.15) is 5.01 Å². The van der Waals surface area contributed by atoms with Gasteiger partial charge in [-0.25, -0.2) is 0 Å². The summed E-state index contributed by atoms with van der Waals surface area (Å²) in [6, 6.07) is 17.3. The highest BCUT2D eigenvalue weighted by Gasteiger charge is 2.22. The van der Waals surface area contributed by atoms with Crippen LogP contribution in [0.2, 0.25) is 0 Å². The molecule has 132 valence electrons. The van der Waals surface area contributed by atoms with Crippen molar-refractivity contribution in [2.24, 2.45) is 0 Å². The Morgan fingerprint density at radius 2 is 1.81 bits per heavy atom. The summed E-state index contributed by atoms with van der Waals surface area (Å²) >= 11 is 1.37. The Hall–Kier alpha value is -3.38. The van der Waals surface area contributed by atoms with E-state index in [4.69, 9.17) is 0 Å². The van der Waals surface area contributed by atoms with Crippen molar-refractivity contribution in [1.82, 2.24) is 15.2 Å². The molecule has 0 atom stereocenters. The van der Waals surface area contributed by atoms with Crippen molar-refractivity contribution in [3.05, 3.63) is 85.2 Å². The number of amides is 1. The van der Waals surface area contributed by atoms with Crippen LogP contribution in [-0.4, -0.2) is 27.6 Å². The average molecular weight is 372 g/mol. The van der Waals surface area contributed by atoms with Gasteiger partial charge in [-0.05, 0) is 29.0 Å². The van der Waals surface area contributed by atoms with E-state index in [2.05, 4.69) is 21.8 Å². The minimum atomic E-state index is -0.121. The number of pyridine rings is 1. The predicted molar refractivity (Wildman–Crippen MR) is 109 cm³/mol. The first kappa shape index (κ1) is 17.1. The first-order valence-electron chi connectivity index (χ1n) is 8.42. The smallest absolute Gasteiger partial charge is 0.261 e. The van der Waals surface area contributed by atoms with E-state index >= 15 is 0 Å². The standard InChI is InChI=1S/C21H16N4OS/c1-2-14-25(21-24-23-19(27-21)16-10-12-22-13-11-16)20(26)18-9-5-7-15-6-3-4-8-17(15)18/h2-13H,1,14H2. The summed E-state index contributed by atoms with van der Waals surface area (Å²) in [5.41, 5.74) is 1.56. The van der Waals surface area contributed by atoms with E-state index in [0.717, 1.165) is 21.3 Å². The fraction of sp³-hybridized carbons (Fsp3) is 0.0476. The molecule has 4 rings (SSSR count). The largest absolute Gasteiger partial charge is 0.279 e. The van der Waals surface area contributed by atoms with Crippen LogP contribution in [0.3, 0.4) is 0 Å². The van der Waals surface area contributed by atoms with Crippen molar-refractivity contribution < 1.29 is 4.79 Å². The van der Waals surface area contributed by atoms with E-state index in [1.807, 2.05) is 54.6 Å². The third-order valence-electron chi connectivity index (χ3n) is 4.15. The molecule has 1 amide bonds. The van der Waals surface area contributed by atoms with Crippen LogP contribution in [0.1, 0.15) is 10.4 Å². The van der Waals surface area contributed by atoms with Crippen LogP contribution in [0.15, 0.2) is 79.6 Å². The summed E-state index contributed by atoms with van der Waals surface area (Å²) in [6.07, 6.45) is 5.11. The second kappa shape index (κ2) is 7.47. The number of nitrogens with zero attached hydrogens (tertiary/aromatic N) is 4. The molecule has 0 spiro atoms. The van der Waals surface area contributed by atoms with Gasteiger partial charge in [-0.15, -0.1) is 16.8 Å². The molecular formula is C21H16N4OS. The van der Waals surface area contributed by atoms with E-state index in [0.29, 0.717) is 17.2 Å². The van der Waals surface area contributed by atoms with E-state index in [1.165, 1.54) is 11.3 Å². The molecule has 4 aromatic rings. The molecule has 0 aliphatic heterocycles. The Balaban J connectivity index is 1.73. The number of hydrogen-bond acceptors (Lipinski definition) is 5. The lowest BCUT2D eigenvalue weighted by Crippen LogP contribution is -2.31. The lowest BCUT2D eigenvalue weighted by Gasteiger charge is -2.18. The van der Waals surface area contributed by atoms with Crippen LogP contribution in [-0.2, 0) is 0 Å². The zero-order valence-corrected chi connectivity index (χ0v) is 15.3. The third-order valence-corrected chi connectivity index (χ3v) is 5.14. The number of anilines is 1. The van der Waals surface area contributed by atoms with Gasteiger partial charge in [0.15, 0.2) is 0 Å². The summed E-state index contributed by atoms with van der Waals surface area (Å²) in [4.78, 5) is 18.9. The molecular weight excluding hydrogens is 356 g/mol. The van der Waals surface area contributed by atoms with Gasteiger partial charge in [0.05, 0.1) is 0 Å². The van der Waals surface area contributed by atoms with Crippen molar-refractivity contribution in [2.75, 3.05) is 11.4 Å². The van der Waals surface area contributed by atoms with E-state index in [-0.39, 0.29) is 5.91 Å². The number of hydrogen-bond donors (Lipinski definition) is 0. The van der Waals surface area contributed by atoms with Crippen molar-refractivity contribution in [3.8, 4) is 10.6 Å². The van der Waals surface area contributed by atoms with Gasteiger partial charge in [-0.3, -0.25) is 14.7 Å². The first-order valence-corrected chi connectivity index (χ1v) is 9.24. The van der Waals surface area contributed by atoms with Crippen molar-refractivity contribution in [1.29, 1.82) is 0 Å². The Labute approximate surface area is 160 Å². The van der Waals surface area contributed by atoms with Gasteiger partial charge in [0, 0.05) is 30.1 Å². The molecule has 0 aliphatic rings. The predicted octanol–water partition coefficient (Wildman–Crippen LogP) is 4.59. The number of fused-ring (bicyclic) bond motifs is 1. The molecule has 2 aromatic heterocycles. The van der Waals surface area contributed by atoms with Crippen molar-refractivity contribution in [2.45, 2.75) is 0 Å². The minimum absolute atomic E-state index is 0.121. The number of benzene rings is 2. The lowest BCUT2D eigenvalue weighted by molar-refractivity contribution is 0.0991. The average Bonchev–Trinajstić information content (AvgIpc) is 3.21. The lowest BCUT2D eigenvalue weighted by atomic mass is 10.0. The van der Waals surface area contributed by atoms with Crippen LogP contribution in [0.5, 0.6) is 0 Å². The summed E-state index contributed by atoms with van der Waals surface area (Å²) in [7, 11) is 0. The van der Waals surface area contributed by atoms with E-state index < -0.39 is 0 Å². The van der Waals surface area contributed by atoms with Crippen molar-refractivity contribution >= 4 is 33.1 Å². The quantitative estimate of drug-likeness (QED) is 0.481. The Morgan fingerprint density at radius 1 is 1.04 bits per heavy atom. The molecule has 0 saturated carbocycles. The second-order valence-corrected chi connectivity index (χ2v) is 6.81. The highest BCUT2D eigenvalue weighted by atomic mass is 32.1.